The molecule has 2 rings (SSSR count). The fourth-order valence-corrected chi connectivity index (χ4v) is 2.49. The van der Waals surface area contributed by atoms with Crippen molar-refractivity contribution in [3.63, 3.8) is 0 Å². The lowest BCUT2D eigenvalue weighted by molar-refractivity contribution is 0.125. The van der Waals surface area contributed by atoms with Crippen LogP contribution in [0.1, 0.15) is 11.1 Å². The van der Waals surface area contributed by atoms with Crippen LogP contribution in [0.4, 0.5) is 0 Å². The second-order valence-electron chi connectivity index (χ2n) is 3.02. The van der Waals surface area contributed by atoms with Gasteiger partial charge in [0.2, 0.25) is 0 Å². The van der Waals surface area contributed by atoms with E-state index >= 15 is 0 Å². The molecular formula is C10H11NOS. The molecule has 1 aromatic carbocycles. The smallest absolute Gasteiger partial charge is 0.0944 e. The molecule has 0 radical (unpaired) electrons. The summed E-state index contributed by atoms with van der Waals surface area (Å²) in [5, 5.41) is 3.36. The van der Waals surface area contributed by atoms with E-state index in [1.54, 1.807) is 11.3 Å². The fraction of sp³-hybridized carbons (Fsp3) is 0.200. The number of thiophene rings is 1. The topological polar surface area (TPSA) is 35.2 Å². The molecule has 0 aliphatic carbocycles. The average molecular weight is 193 g/mol. The highest BCUT2D eigenvalue weighted by atomic mass is 32.1. The summed E-state index contributed by atoms with van der Waals surface area (Å²) in [7, 11) is 0. The summed E-state index contributed by atoms with van der Waals surface area (Å²) in [6.07, 6.45) is 0. The van der Waals surface area contributed by atoms with Gasteiger partial charge in [-0.05, 0) is 28.8 Å². The van der Waals surface area contributed by atoms with Crippen LogP contribution >= 0.6 is 11.3 Å². The number of benzene rings is 1. The number of hydrogen-bond acceptors (Lipinski definition) is 3. The van der Waals surface area contributed by atoms with Gasteiger partial charge in [0, 0.05) is 4.70 Å². The quantitative estimate of drug-likeness (QED) is 0.744. The van der Waals surface area contributed by atoms with Crippen LogP contribution < -0.4 is 5.90 Å². The zero-order valence-corrected chi connectivity index (χ0v) is 8.23. The van der Waals surface area contributed by atoms with Crippen molar-refractivity contribution in [2.24, 2.45) is 5.90 Å². The Balaban J connectivity index is 2.61. The zero-order valence-electron chi connectivity index (χ0n) is 7.41. The maximum absolute atomic E-state index is 5.05. The van der Waals surface area contributed by atoms with E-state index in [-0.39, 0.29) is 0 Å². The molecule has 13 heavy (non-hydrogen) atoms. The first-order chi connectivity index (χ1) is 6.33. The molecule has 0 spiro atoms. The van der Waals surface area contributed by atoms with Gasteiger partial charge >= 0.3 is 0 Å². The van der Waals surface area contributed by atoms with Gasteiger partial charge in [-0.25, -0.2) is 5.90 Å². The molecule has 2 nitrogen and oxygen atoms in total. The molecule has 0 aliphatic heterocycles. The van der Waals surface area contributed by atoms with E-state index < -0.39 is 0 Å². The van der Waals surface area contributed by atoms with Crippen LogP contribution in [0.5, 0.6) is 0 Å². The molecule has 0 saturated heterocycles. The summed E-state index contributed by atoms with van der Waals surface area (Å²) in [5.41, 5.74) is 2.48. The Bertz CT molecular complexity index is 422. The lowest BCUT2D eigenvalue weighted by atomic mass is 10.1. The van der Waals surface area contributed by atoms with Crippen molar-refractivity contribution >= 4 is 21.4 Å². The van der Waals surface area contributed by atoms with E-state index in [2.05, 4.69) is 35.3 Å². The van der Waals surface area contributed by atoms with E-state index in [9.17, 15) is 0 Å². The molecule has 0 amide bonds. The molecule has 0 fully saturated rings. The average Bonchev–Trinajstić information content (AvgIpc) is 2.51. The molecule has 0 saturated carbocycles. The van der Waals surface area contributed by atoms with Crippen LogP contribution in [0.3, 0.4) is 0 Å². The molecule has 1 heterocycles. The minimum atomic E-state index is 0.490. The van der Waals surface area contributed by atoms with E-state index in [1.165, 1.54) is 21.2 Å². The Labute approximate surface area is 80.9 Å². The Morgan fingerprint density at radius 1 is 1.46 bits per heavy atom. The van der Waals surface area contributed by atoms with Crippen LogP contribution in [-0.4, -0.2) is 0 Å². The van der Waals surface area contributed by atoms with Crippen molar-refractivity contribution in [2.75, 3.05) is 0 Å². The van der Waals surface area contributed by atoms with Crippen molar-refractivity contribution in [1.82, 2.24) is 0 Å². The number of nitrogens with two attached hydrogens (primary N) is 1. The SMILES string of the molecule is Cc1cccc2c(CON)csc12. The van der Waals surface area contributed by atoms with Crippen molar-refractivity contribution in [3.05, 3.63) is 34.7 Å². The molecule has 0 aliphatic rings. The third-order valence-corrected chi connectivity index (χ3v) is 3.30. The lowest BCUT2D eigenvalue weighted by Gasteiger charge is -1.97. The van der Waals surface area contributed by atoms with E-state index in [4.69, 9.17) is 5.90 Å². The molecular weight excluding hydrogens is 182 g/mol. The molecule has 0 bridgehead atoms. The largest absolute Gasteiger partial charge is 0.300 e. The first kappa shape index (κ1) is 8.69. The Morgan fingerprint density at radius 2 is 2.31 bits per heavy atom. The standard InChI is InChI=1S/C10H11NOS/c1-7-3-2-4-9-8(5-12-11)6-13-10(7)9/h2-4,6H,5,11H2,1H3. The monoisotopic (exact) mass is 193 g/mol. The summed E-state index contributed by atoms with van der Waals surface area (Å²) >= 11 is 1.74. The van der Waals surface area contributed by atoms with Gasteiger partial charge in [-0.2, -0.15) is 0 Å². The third kappa shape index (κ3) is 1.46. The van der Waals surface area contributed by atoms with Crippen LogP contribution in [0.15, 0.2) is 23.6 Å². The number of fused-ring (bicyclic) bond motifs is 1. The predicted octanol–water partition coefficient (Wildman–Crippen LogP) is 2.60. The third-order valence-electron chi connectivity index (χ3n) is 2.12. The van der Waals surface area contributed by atoms with E-state index in [0.717, 1.165) is 0 Å². The summed E-state index contributed by atoms with van der Waals surface area (Å²) < 4.78 is 1.33. The van der Waals surface area contributed by atoms with E-state index in [1.807, 2.05) is 0 Å². The molecule has 2 N–H and O–H groups in total. The molecule has 1 aromatic heterocycles. The van der Waals surface area contributed by atoms with Crippen LogP contribution in [0.25, 0.3) is 10.1 Å². The second kappa shape index (κ2) is 3.46. The fourth-order valence-electron chi connectivity index (χ4n) is 1.46. The van der Waals surface area contributed by atoms with E-state index in [0.29, 0.717) is 6.61 Å². The lowest BCUT2D eigenvalue weighted by Crippen LogP contribution is -1.97. The molecule has 68 valence electrons. The predicted molar refractivity (Wildman–Crippen MR) is 55.5 cm³/mol. The van der Waals surface area contributed by atoms with Gasteiger partial charge in [-0.3, -0.25) is 4.84 Å². The first-order valence-electron chi connectivity index (χ1n) is 4.10. The molecule has 2 aromatic rings. The molecule has 3 heteroatoms. The van der Waals surface area contributed by atoms with Gasteiger partial charge in [0.1, 0.15) is 0 Å². The van der Waals surface area contributed by atoms with Gasteiger partial charge in [0.15, 0.2) is 0 Å². The normalized spacial score (nSPS) is 10.9. The van der Waals surface area contributed by atoms with Crippen molar-refractivity contribution in [2.45, 2.75) is 13.5 Å². The highest BCUT2D eigenvalue weighted by Crippen LogP contribution is 2.28. The number of rotatable bonds is 2. The summed E-state index contributed by atoms with van der Waals surface area (Å²) in [6, 6.07) is 6.28. The minimum Gasteiger partial charge on any atom is -0.300 e. The van der Waals surface area contributed by atoms with Crippen molar-refractivity contribution < 1.29 is 4.84 Å². The number of aryl methyl sites for hydroxylation is 1. The Kier molecular flexibility index (Phi) is 2.31. The van der Waals surface area contributed by atoms with Gasteiger partial charge in [0.25, 0.3) is 0 Å². The maximum Gasteiger partial charge on any atom is 0.0944 e. The van der Waals surface area contributed by atoms with Crippen LogP contribution in [0, 0.1) is 6.92 Å². The number of hydrogen-bond donors (Lipinski definition) is 1. The van der Waals surface area contributed by atoms with Gasteiger partial charge in [0.05, 0.1) is 6.61 Å². The molecule has 0 unspecified atom stereocenters. The summed E-state index contributed by atoms with van der Waals surface area (Å²) in [5.74, 6) is 5.05. The molecule has 0 atom stereocenters. The Morgan fingerprint density at radius 3 is 3.08 bits per heavy atom. The summed E-state index contributed by atoms with van der Waals surface area (Å²) in [6.45, 7) is 2.61. The zero-order chi connectivity index (χ0) is 9.26. The highest BCUT2D eigenvalue weighted by molar-refractivity contribution is 7.17. The van der Waals surface area contributed by atoms with Crippen LogP contribution in [-0.2, 0) is 11.4 Å². The van der Waals surface area contributed by atoms with Crippen molar-refractivity contribution in [1.29, 1.82) is 0 Å². The minimum absolute atomic E-state index is 0.490. The summed E-state index contributed by atoms with van der Waals surface area (Å²) in [4.78, 5) is 4.64. The van der Waals surface area contributed by atoms with Crippen molar-refractivity contribution in [3.8, 4) is 0 Å². The highest BCUT2D eigenvalue weighted by Gasteiger charge is 2.04. The van der Waals surface area contributed by atoms with Gasteiger partial charge in [-0.15, -0.1) is 11.3 Å². The maximum atomic E-state index is 5.05. The second-order valence-corrected chi connectivity index (χ2v) is 3.90. The van der Waals surface area contributed by atoms with Crippen LogP contribution in [0.2, 0.25) is 0 Å². The first-order valence-corrected chi connectivity index (χ1v) is 4.98. The van der Waals surface area contributed by atoms with Gasteiger partial charge < -0.3 is 0 Å². The van der Waals surface area contributed by atoms with Gasteiger partial charge in [-0.1, -0.05) is 18.2 Å². The Hall–Kier alpha value is -0.900.